The normalized spacial score (nSPS) is 14.1. The van der Waals surface area contributed by atoms with Crippen molar-refractivity contribution in [2.24, 2.45) is 0 Å². The van der Waals surface area contributed by atoms with E-state index in [2.05, 4.69) is 71.2 Å². The lowest BCUT2D eigenvalue weighted by molar-refractivity contribution is 0.659. The molecule has 0 radical (unpaired) electrons. The zero-order valence-corrected chi connectivity index (χ0v) is 13.1. The van der Waals surface area contributed by atoms with Gasteiger partial charge in [0.1, 0.15) is 0 Å². The van der Waals surface area contributed by atoms with Crippen LogP contribution in [0.15, 0.2) is 48.8 Å². The maximum atomic E-state index is 4.08. The highest BCUT2D eigenvalue weighted by atomic mass is 79.9. The van der Waals surface area contributed by atoms with Crippen molar-refractivity contribution in [2.45, 2.75) is 37.4 Å². The number of aromatic nitrogens is 1. The summed E-state index contributed by atoms with van der Waals surface area (Å²) in [4.78, 5) is 4.57. The first-order valence-corrected chi connectivity index (χ1v) is 7.68. The summed E-state index contributed by atoms with van der Waals surface area (Å²) in [6.45, 7) is 4.46. The third kappa shape index (κ3) is 3.90. The van der Waals surface area contributed by atoms with Gasteiger partial charge < -0.3 is 0 Å². The van der Waals surface area contributed by atoms with Gasteiger partial charge in [0.05, 0.1) is 0 Å². The van der Waals surface area contributed by atoms with Gasteiger partial charge in [-0.15, -0.1) is 0 Å². The quantitative estimate of drug-likeness (QED) is 0.715. The van der Waals surface area contributed by atoms with Crippen molar-refractivity contribution in [2.75, 3.05) is 0 Å². The van der Waals surface area contributed by atoms with Gasteiger partial charge in [0.25, 0.3) is 0 Å². The molecule has 2 aromatic rings. The number of benzene rings is 1. The van der Waals surface area contributed by atoms with Gasteiger partial charge in [-0.1, -0.05) is 47.1 Å². The maximum absolute atomic E-state index is 4.08. The summed E-state index contributed by atoms with van der Waals surface area (Å²) in [5.74, 6) is 0.506. The molecule has 2 unspecified atom stereocenters. The second kappa shape index (κ2) is 6.85. The fourth-order valence-corrected chi connectivity index (χ4v) is 2.84. The smallest absolute Gasteiger partial charge is 0.0270 e. The summed E-state index contributed by atoms with van der Waals surface area (Å²) < 4.78 is 0. The monoisotopic (exact) mass is 317 g/mol. The minimum Gasteiger partial charge on any atom is -0.265 e. The van der Waals surface area contributed by atoms with Gasteiger partial charge in [-0.25, -0.2) is 0 Å². The molecule has 0 saturated heterocycles. The van der Waals surface area contributed by atoms with E-state index in [1.54, 1.807) is 0 Å². The topological polar surface area (TPSA) is 12.9 Å². The van der Waals surface area contributed by atoms with Crippen molar-refractivity contribution in [1.29, 1.82) is 0 Å². The summed E-state index contributed by atoms with van der Waals surface area (Å²) >= 11 is 3.84. The summed E-state index contributed by atoms with van der Waals surface area (Å²) in [6, 6.07) is 12.8. The number of hydrogen-bond acceptors (Lipinski definition) is 1. The van der Waals surface area contributed by atoms with Crippen LogP contribution in [0.25, 0.3) is 0 Å². The van der Waals surface area contributed by atoms with Gasteiger partial charge in [-0.2, -0.15) is 0 Å². The van der Waals surface area contributed by atoms with Crippen LogP contribution in [0.1, 0.15) is 36.0 Å². The average molecular weight is 318 g/mol. The molecule has 0 aliphatic heterocycles. The van der Waals surface area contributed by atoms with Crippen LogP contribution in [-0.2, 0) is 6.42 Å². The Hall–Kier alpha value is -1.15. The summed E-state index contributed by atoms with van der Waals surface area (Å²) in [5.41, 5.74) is 4.19. The van der Waals surface area contributed by atoms with Gasteiger partial charge in [0.15, 0.2) is 0 Å². The highest BCUT2D eigenvalue weighted by Crippen LogP contribution is 2.28. The molecule has 2 heteroatoms. The second-order valence-corrected chi connectivity index (χ2v) is 6.23. The first-order valence-electron chi connectivity index (χ1n) is 6.77. The molecule has 0 amide bonds. The van der Waals surface area contributed by atoms with Crippen molar-refractivity contribution >= 4 is 15.9 Å². The molecular weight excluding hydrogens is 298 g/mol. The molecule has 0 bridgehead atoms. The highest BCUT2D eigenvalue weighted by molar-refractivity contribution is 9.09. The van der Waals surface area contributed by atoms with Gasteiger partial charge in [0, 0.05) is 17.2 Å². The van der Waals surface area contributed by atoms with Crippen LogP contribution in [0, 0.1) is 6.92 Å². The van der Waals surface area contributed by atoms with Crippen LogP contribution in [-0.4, -0.2) is 9.81 Å². The predicted octanol–water partition coefficient (Wildman–Crippen LogP) is 4.89. The number of nitrogens with zero attached hydrogens (tertiary/aromatic N) is 1. The number of pyridine rings is 1. The van der Waals surface area contributed by atoms with E-state index < -0.39 is 0 Å². The van der Waals surface area contributed by atoms with Crippen molar-refractivity contribution in [1.82, 2.24) is 4.98 Å². The molecule has 0 fully saturated rings. The lowest BCUT2D eigenvalue weighted by Gasteiger charge is -2.19. The van der Waals surface area contributed by atoms with Crippen molar-refractivity contribution < 1.29 is 0 Å². The van der Waals surface area contributed by atoms with E-state index in [0.717, 1.165) is 12.8 Å². The molecule has 0 aliphatic carbocycles. The largest absolute Gasteiger partial charge is 0.265 e. The Balaban J connectivity index is 1.95. The number of halogens is 1. The molecule has 0 N–H and O–H groups in total. The molecule has 2 atom stereocenters. The number of alkyl halides is 1. The molecule has 1 nitrogen and oxygen atoms in total. The third-order valence-corrected chi connectivity index (χ3v) is 4.98. The summed E-state index contributed by atoms with van der Waals surface area (Å²) in [5, 5.41) is 0. The predicted molar refractivity (Wildman–Crippen MR) is 84.9 cm³/mol. The highest BCUT2D eigenvalue weighted by Gasteiger charge is 2.16. The first-order chi connectivity index (χ1) is 9.18. The SMILES string of the molecule is Cc1ccccc1CCC(Br)C(C)c1ccncc1. The van der Waals surface area contributed by atoms with Crippen LogP contribution >= 0.6 is 15.9 Å². The Bertz CT molecular complexity index is 510. The van der Waals surface area contributed by atoms with Crippen LogP contribution < -0.4 is 0 Å². The van der Waals surface area contributed by atoms with Gasteiger partial charge in [-0.3, -0.25) is 4.98 Å². The lowest BCUT2D eigenvalue weighted by atomic mass is 9.94. The number of rotatable bonds is 5. The third-order valence-electron chi connectivity index (χ3n) is 3.73. The van der Waals surface area contributed by atoms with Crippen molar-refractivity contribution in [3.8, 4) is 0 Å². The lowest BCUT2D eigenvalue weighted by Crippen LogP contribution is -2.10. The zero-order chi connectivity index (χ0) is 13.7. The van der Waals surface area contributed by atoms with Crippen LogP contribution in [0.3, 0.4) is 0 Å². The van der Waals surface area contributed by atoms with E-state index in [-0.39, 0.29) is 0 Å². The second-order valence-electron chi connectivity index (χ2n) is 5.05. The van der Waals surface area contributed by atoms with Crippen LogP contribution in [0.2, 0.25) is 0 Å². The van der Waals surface area contributed by atoms with Gasteiger partial charge >= 0.3 is 0 Å². The van der Waals surface area contributed by atoms with Crippen molar-refractivity contribution in [3.63, 3.8) is 0 Å². The molecule has 1 aromatic heterocycles. The summed E-state index contributed by atoms with van der Waals surface area (Å²) in [6.07, 6.45) is 6.01. The number of aryl methyl sites for hydroxylation is 2. The molecule has 2 rings (SSSR count). The van der Waals surface area contributed by atoms with Crippen LogP contribution in [0.4, 0.5) is 0 Å². The minimum absolute atomic E-state index is 0.495. The van der Waals surface area contributed by atoms with Gasteiger partial charge in [-0.05, 0) is 54.5 Å². The zero-order valence-electron chi connectivity index (χ0n) is 11.5. The molecular formula is C17H20BrN. The molecule has 1 heterocycles. The Morgan fingerprint density at radius 3 is 2.47 bits per heavy atom. The summed E-state index contributed by atoms with van der Waals surface area (Å²) in [7, 11) is 0. The molecule has 0 aliphatic rings. The number of hydrogen-bond donors (Lipinski definition) is 0. The average Bonchev–Trinajstić information content (AvgIpc) is 2.46. The fourth-order valence-electron chi connectivity index (χ4n) is 2.31. The van der Waals surface area contributed by atoms with E-state index >= 15 is 0 Å². The maximum Gasteiger partial charge on any atom is 0.0270 e. The molecule has 100 valence electrons. The Morgan fingerprint density at radius 2 is 1.79 bits per heavy atom. The fraction of sp³-hybridized carbons (Fsp3) is 0.353. The molecule has 0 spiro atoms. The Labute approximate surface area is 124 Å². The first kappa shape index (κ1) is 14.3. The van der Waals surface area contributed by atoms with Gasteiger partial charge in [0.2, 0.25) is 0 Å². The molecule has 1 aromatic carbocycles. The molecule has 0 saturated carbocycles. The Morgan fingerprint density at radius 1 is 1.11 bits per heavy atom. The molecule has 19 heavy (non-hydrogen) atoms. The van der Waals surface area contributed by atoms with E-state index in [1.807, 2.05) is 12.4 Å². The van der Waals surface area contributed by atoms with E-state index in [9.17, 15) is 0 Å². The van der Waals surface area contributed by atoms with Crippen molar-refractivity contribution in [3.05, 3.63) is 65.5 Å². The standard InChI is InChI=1S/C17H20BrN/c1-13-5-3-4-6-15(13)7-8-17(18)14(2)16-9-11-19-12-10-16/h3-6,9-12,14,17H,7-8H2,1-2H3. The van der Waals surface area contributed by atoms with E-state index in [1.165, 1.54) is 16.7 Å². The van der Waals surface area contributed by atoms with E-state index in [0.29, 0.717) is 10.7 Å². The Kier molecular flexibility index (Phi) is 5.15. The van der Waals surface area contributed by atoms with Crippen LogP contribution in [0.5, 0.6) is 0 Å². The van der Waals surface area contributed by atoms with E-state index in [4.69, 9.17) is 0 Å². The minimum atomic E-state index is 0.495.